The summed E-state index contributed by atoms with van der Waals surface area (Å²) in [5.74, 6) is 0. The van der Waals surface area contributed by atoms with Crippen molar-refractivity contribution in [2.45, 2.75) is 20.7 Å². The Morgan fingerprint density at radius 2 is 1.19 bits per heavy atom. The monoisotopic (exact) mass is 206 g/mol. The van der Waals surface area contributed by atoms with Crippen LogP contribution in [0.3, 0.4) is 0 Å². The Labute approximate surface area is 97.4 Å². The van der Waals surface area contributed by atoms with Gasteiger partial charge in [0.25, 0.3) is 0 Å². The van der Waals surface area contributed by atoms with Crippen molar-refractivity contribution in [3.8, 4) is 11.1 Å². The van der Waals surface area contributed by atoms with Gasteiger partial charge in [0.05, 0.1) is 0 Å². The number of benzene rings is 2. The van der Waals surface area contributed by atoms with Crippen LogP contribution in [0.4, 0.5) is 0 Å². The summed E-state index contributed by atoms with van der Waals surface area (Å²) in [6.45, 7) is 7.31. The van der Waals surface area contributed by atoms with Crippen molar-refractivity contribution in [1.29, 1.82) is 0 Å². The van der Waals surface area contributed by atoms with E-state index in [9.17, 15) is 0 Å². The lowest BCUT2D eigenvalue weighted by Gasteiger charge is -2.07. The van der Waals surface area contributed by atoms with E-state index in [1.807, 2.05) is 0 Å². The van der Waals surface area contributed by atoms with E-state index in [1.165, 1.54) is 33.2 Å². The average Bonchev–Trinajstić information content (AvgIpc) is 2.56. The highest BCUT2D eigenvalue weighted by Gasteiger charge is 2.29. The molecule has 1 heterocycles. The van der Waals surface area contributed by atoms with E-state index >= 15 is 0 Å². The van der Waals surface area contributed by atoms with Gasteiger partial charge in [-0.3, -0.25) is 0 Å². The number of rotatable bonds is 0. The molecule has 0 unspecified atom stereocenters. The van der Waals surface area contributed by atoms with Crippen LogP contribution in [0.2, 0.25) is 6.82 Å². The molecule has 78 valence electrons. The van der Waals surface area contributed by atoms with Gasteiger partial charge in [0.15, 0.2) is 0 Å². The number of hydrogen-bond donors (Lipinski definition) is 0. The molecule has 2 aromatic rings. The van der Waals surface area contributed by atoms with Gasteiger partial charge in [-0.05, 0) is 25.0 Å². The highest BCUT2D eigenvalue weighted by molar-refractivity contribution is 6.89. The van der Waals surface area contributed by atoms with Gasteiger partial charge >= 0.3 is 0 Å². The minimum absolute atomic E-state index is 0.549. The Balaban J connectivity index is 2.39. The maximum absolute atomic E-state index is 2.32. The Kier molecular flexibility index (Phi) is 1.97. The van der Waals surface area contributed by atoms with E-state index < -0.39 is 0 Å². The molecule has 0 aliphatic carbocycles. The highest BCUT2D eigenvalue weighted by Crippen LogP contribution is 2.25. The van der Waals surface area contributed by atoms with E-state index in [-0.39, 0.29) is 0 Å². The zero-order valence-corrected chi connectivity index (χ0v) is 10.0. The second-order valence-corrected chi connectivity index (χ2v) is 4.79. The lowest BCUT2D eigenvalue weighted by molar-refractivity contribution is 1.51. The van der Waals surface area contributed by atoms with Crippen molar-refractivity contribution in [3.05, 3.63) is 47.5 Å². The van der Waals surface area contributed by atoms with E-state index in [1.54, 1.807) is 0 Å². The number of fused-ring (bicyclic) bond motifs is 3. The summed E-state index contributed by atoms with van der Waals surface area (Å²) in [7, 11) is 0. The zero-order chi connectivity index (χ0) is 11.3. The van der Waals surface area contributed by atoms with Gasteiger partial charge in [0.2, 0.25) is 6.71 Å². The molecule has 0 amide bonds. The first kappa shape index (κ1) is 9.71. The lowest BCUT2D eigenvalue weighted by Crippen LogP contribution is -2.37. The van der Waals surface area contributed by atoms with Crippen molar-refractivity contribution >= 4 is 17.6 Å². The molecule has 0 atom stereocenters. The van der Waals surface area contributed by atoms with Crippen molar-refractivity contribution in [3.63, 3.8) is 0 Å². The van der Waals surface area contributed by atoms with Gasteiger partial charge in [-0.15, -0.1) is 0 Å². The average molecular weight is 206 g/mol. The maximum Gasteiger partial charge on any atom is 0.208 e. The van der Waals surface area contributed by atoms with E-state index in [0.717, 1.165) is 0 Å². The van der Waals surface area contributed by atoms with Crippen LogP contribution in [0.5, 0.6) is 0 Å². The summed E-state index contributed by atoms with van der Waals surface area (Å²) in [5, 5.41) is 0. The molecule has 0 radical (unpaired) electrons. The van der Waals surface area contributed by atoms with Crippen LogP contribution in [0.1, 0.15) is 11.1 Å². The molecule has 0 saturated heterocycles. The number of hydrogen-bond acceptors (Lipinski definition) is 0. The Morgan fingerprint density at radius 1 is 0.750 bits per heavy atom. The Hall–Kier alpha value is -1.50. The molecule has 0 bridgehead atoms. The largest absolute Gasteiger partial charge is 0.208 e. The first-order valence-electron chi connectivity index (χ1n) is 5.89. The molecule has 1 heteroatoms. The Bertz CT molecular complexity index is 518. The predicted octanol–water partition coefficient (Wildman–Crippen LogP) is 2.52. The van der Waals surface area contributed by atoms with Crippen molar-refractivity contribution in [2.75, 3.05) is 0 Å². The lowest BCUT2D eigenvalue weighted by atomic mass is 9.43. The standard InChI is InChI=1S/C15H15B/c1-10-6-4-8-12-13-9-5-7-11(2)15(13)16(3)14(10)12/h4-9H,1-3H3. The van der Waals surface area contributed by atoms with E-state index in [2.05, 4.69) is 57.1 Å². The van der Waals surface area contributed by atoms with Crippen LogP contribution in [-0.2, 0) is 0 Å². The van der Waals surface area contributed by atoms with Crippen molar-refractivity contribution < 1.29 is 0 Å². The Morgan fingerprint density at radius 3 is 1.62 bits per heavy atom. The topological polar surface area (TPSA) is 0 Å². The van der Waals surface area contributed by atoms with Crippen LogP contribution in [0.15, 0.2) is 36.4 Å². The molecule has 1 aliphatic rings. The van der Waals surface area contributed by atoms with E-state index in [0.29, 0.717) is 6.71 Å². The maximum atomic E-state index is 2.32. The SMILES string of the molecule is CB1c2c(C)cccc2-c2cccc(C)c21. The molecule has 16 heavy (non-hydrogen) atoms. The summed E-state index contributed by atoms with van der Waals surface area (Å²) in [4.78, 5) is 0. The van der Waals surface area contributed by atoms with Crippen LogP contribution >= 0.6 is 0 Å². The van der Waals surface area contributed by atoms with Crippen molar-refractivity contribution in [1.82, 2.24) is 0 Å². The van der Waals surface area contributed by atoms with E-state index in [4.69, 9.17) is 0 Å². The van der Waals surface area contributed by atoms with Crippen LogP contribution in [-0.4, -0.2) is 6.71 Å². The van der Waals surface area contributed by atoms with Crippen molar-refractivity contribution in [2.24, 2.45) is 0 Å². The zero-order valence-electron chi connectivity index (χ0n) is 10.0. The fourth-order valence-corrected chi connectivity index (χ4v) is 3.12. The molecule has 0 N–H and O–H groups in total. The van der Waals surface area contributed by atoms with Gasteiger partial charge in [-0.2, -0.15) is 0 Å². The minimum Gasteiger partial charge on any atom is -0.0773 e. The smallest absolute Gasteiger partial charge is 0.0773 e. The first-order chi connectivity index (χ1) is 7.70. The molecule has 0 aromatic heterocycles. The molecule has 2 aromatic carbocycles. The first-order valence-corrected chi connectivity index (χ1v) is 5.89. The minimum atomic E-state index is 0.549. The summed E-state index contributed by atoms with van der Waals surface area (Å²) in [6, 6.07) is 13.3. The second-order valence-electron chi connectivity index (χ2n) is 4.79. The van der Waals surface area contributed by atoms with Gasteiger partial charge in [-0.25, -0.2) is 0 Å². The van der Waals surface area contributed by atoms with Gasteiger partial charge in [0, 0.05) is 0 Å². The molecule has 0 fully saturated rings. The fourth-order valence-electron chi connectivity index (χ4n) is 3.12. The van der Waals surface area contributed by atoms with Gasteiger partial charge in [0.1, 0.15) is 0 Å². The summed E-state index contributed by atoms with van der Waals surface area (Å²) < 4.78 is 0. The number of aryl methyl sites for hydroxylation is 2. The third-order valence-corrected chi connectivity index (χ3v) is 3.80. The van der Waals surface area contributed by atoms with Crippen LogP contribution in [0.25, 0.3) is 11.1 Å². The highest BCUT2D eigenvalue weighted by atomic mass is 14.2. The summed E-state index contributed by atoms with van der Waals surface area (Å²) >= 11 is 0. The quantitative estimate of drug-likeness (QED) is 0.581. The molecule has 3 rings (SSSR count). The molecule has 0 spiro atoms. The van der Waals surface area contributed by atoms with Crippen LogP contribution < -0.4 is 10.9 Å². The summed E-state index contributed by atoms with van der Waals surface area (Å²) in [6.07, 6.45) is 0. The fraction of sp³-hybridized carbons (Fsp3) is 0.200. The van der Waals surface area contributed by atoms with Gasteiger partial charge < -0.3 is 0 Å². The second kappa shape index (κ2) is 3.25. The molecular weight excluding hydrogens is 191 g/mol. The van der Waals surface area contributed by atoms with Gasteiger partial charge in [-0.1, -0.05) is 65.3 Å². The molecule has 0 nitrogen and oxygen atoms in total. The normalized spacial score (nSPS) is 12.6. The predicted molar refractivity (Wildman–Crippen MR) is 72.2 cm³/mol. The molecular formula is C15H15B. The molecule has 0 saturated carbocycles. The molecule has 1 aliphatic heterocycles. The third-order valence-electron chi connectivity index (χ3n) is 3.80. The van der Waals surface area contributed by atoms with Crippen LogP contribution in [0, 0.1) is 13.8 Å². The third kappa shape index (κ3) is 1.12. The summed E-state index contributed by atoms with van der Waals surface area (Å²) in [5.41, 5.74) is 8.75.